The molecule has 2 aliphatic rings. The van der Waals surface area contributed by atoms with Crippen LogP contribution < -0.4 is 16.0 Å². The highest BCUT2D eigenvalue weighted by atomic mass is 32.1. The van der Waals surface area contributed by atoms with Crippen molar-refractivity contribution in [3.8, 4) is 0 Å². The maximum absolute atomic E-state index is 14.5. The number of nitrogens with one attached hydrogen (secondary N) is 3. The fourth-order valence-electron chi connectivity index (χ4n) is 8.32. The number of carboxylic acids is 1. The zero-order valence-electron chi connectivity index (χ0n) is 33.8. The second-order valence-electron chi connectivity index (χ2n) is 15.8. The van der Waals surface area contributed by atoms with E-state index in [-0.39, 0.29) is 66.2 Å². The van der Waals surface area contributed by atoms with E-state index in [1.807, 2.05) is 64.0 Å². The van der Waals surface area contributed by atoms with Crippen LogP contribution >= 0.6 is 11.3 Å². The van der Waals surface area contributed by atoms with Crippen molar-refractivity contribution in [2.24, 2.45) is 35.5 Å². The molecule has 0 aromatic carbocycles. The summed E-state index contributed by atoms with van der Waals surface area (Å²) in [5.41, 5.74) is 0. The molecule has 14 heteroatoms. The van der Waals surface area contributed by atoms with Crippen molar-refractivity contribution in [3.05, 3.63) is 22.4 Å². The minimum atomic E-state index is -1.12. The van der Waals surface area contributed by atoms with Crippen LogP contribution in [0.3, 0.4) is 0 Å². The quantitative estimate of drug-likeness (QED) is 0.147. The number of hydrogen-bond acceptors (Lipinski definition) is 9. The van der Waals surface area contributed by atoms with Gasteiger partial charge in [0.25, 0.3) is 0 Å². The Hall–Kier alpha value is -3.07. The lowest BCUT2D eigenvalue weighted by Gasteiger charge is -2.41. The molecule has 1 aliphatic heterocycles. The van der Waals surface area contributed by atoms with Gasteiger partial charge in [-0.15, -0.1) is 11.3 Å². The van der Waals surface area contributed by atoms with Crippen molar-refractivity contribution in [2.75, 3.05) is 28.3 Å². The number of methoxy groups -OCH3 is 2. The average molecular weight is 764 g/mol. The molecule has 300 valence electrons. The molecule has 53 heavy (non-hydrogen) atoms. The molecule has 1 unspecified atom stereocenters. The standard InChI is InChI=1S/C39H65N5O8S/c1-13-22(6)33(43(10)38(48)32(21(4)5)42-37(47)31(40-9)20(2)3)29(51-11)19-30(45)44-28(18-26-23(7)34(26)44)35(52-12)24(8)36(46)41-27(39(49)50)17-25-15-14-16-53-25/h14-16,20-24,26-29,31-35,40H,13,17-19H2,1-12H3,(H,41,46)(H,42,47)(H,49,50)/t22-,23-,24+,26+,27-,28-,29+,31-,32-,33?,34-,35+/m0/s1. The molecule has 1 aromatic rings. The summed E-state index contributed by atoms with van der Waals surface area (Å²) >= 11 is 1.43. The topological polar surface area (TPSA) is 167 Å². The predicted molar refractivity (Wildman–Crippen MR) is 205 cm³/mol. The highest BCUT2D eigenvalue weighted by molar-refractivity contribution is 7.09. The number of amides is 4. The van der Waals surface area contributed by atoms with Crippen LogP contribution in [0.1, 0.15) is 79.5 Å². The third kappa shape index (κ3) is 10.4. The van der Waals surface area contributed by atoms with E-state index in [1.54, 1.807) is 33.0 Å². The number of carbonyl (C=O) groups excluding carboxylic acids is 4. The van der Waals surface area contributed by atoms with Gasteiger partial charge < -0.3 is 40.3 Å². The third-order valence-corrected chi connectivity index (χ3v) is 12.6. The highest BCUT2D eigenvalue weighted by Gasteiger charge is 2.62. The van der Waals surface area contributed by atoms with Gasteiger partial charge in [0.2, 0.25) is 23.6 Å². The molecule has 13 nitrogen and oxygen atoms in total. The fourth-order valence-corrected chi connectivity index (χ4v) is 9.07. The van der Waals surface area contributed by atoms with Gasteiger partial charge in [0.15, 0.2) is 0 Å². The van der Waals surface area contributed by atoms with Crippen molar-refractivity contribution < 1.29 is 38.6 Å². The van der Waals surface area contributed by atoms with Crippen LogP contribution in [0.2, 0.25) is 0 Å². The number of nitrogens with zero attached hydrogens (tertiary/aromatic N) is 2. The zero-order chi connectivity index (χ0) is 39.9. The molecule has 4 amide bonds. The molecule has 0 radical (unpaired) electrons. The Kier molecular flexibility index (Phi) is 16.3. The third-order valence-electron chi connectivity index (χ3n) is 11.7. The molecule has 1 aromatic heterocycles. The monoisotopic (exact) mass is 763 g/mol. The Morgan fingerprint density at radius 1 is 1.00 bits per heavy atom. The molecule has 1 saturated heterocycles. The van der Waals surface area contributed by atoms with Crippen LogP contribution in [0.15, 0.2) is 17.5 Å². The summed E-state index contributed by atoms with van der Waals surface area (Å²) in [6.07, 6.45) is 0.233. The number of carboxylic acid groups (broad SMARTS) is 1. The Labute approximate surface area is 320 Å². The number of hydrogen-bond donors (Lipinski definition) is 4. The van der Waals surface area contributed by atoms with Gasteiger partial charge in [-0.2, -0.15) is 0 Å². The maximum Gasteiger partial charge on any atom is 0.326 e. The van der Waals surface area contributed by atoms with E-state index in [0.29, 0.717) is 6.42 Å². The lowest BCUT2D eigenvalue weighted by Crippen LogP contribution is -2.59. The number of thiophene rings is 1. The first-order valence-electron chi connectivity index (χ1n) is 19.1. The molecule has 0 spiro atoms. The summed E-state index contributed by atoms with van der Waals surface area (Å²) in [5.74, 6) is -2.61. The normalized spacial score (nSPS) is 24.0. The zero-order valence-corrected chi connectivity index (χ0v) is 34.6. The summed E-state index contributed by atoms with van der Waals surface area (Å²) in [6.45, 7) is 15.6. The van der Waals surface area contributed by atoms with Crippen LogP contribution in [0, 0.1) is 35.5 Å². The van der Waals surface area contributed by atoms with Gasteiger partial charge >= 0.3 is 5.97 Å². The number of ether oxygens (including phenoxy) is 2. The first-order valence-corrected chi connectivity index (χ1v) is 20.0. The van der Waals surface area contributed by atoms with Gasteiger partial charge in [0, 0.05) is 38.6 Å². The largest absolute Gasteiger partial charge is 0.480 e. The van der Waals surface area contributed by atoms with Crippen molar-refractivity contribution in [3.63, 3.8) is 0 Å². The Morgan fingerprint density at radius 3 is 2.13 bits per heavy atom. The summed E-state index contributed by atoms with van der Waals surface area (Å²) in [7, 11) is 6.52. The molecule has 2 fully saturated rings. The molecule has 12 atom stereocenters. The van der Waals surface area contributed by atoms with Gasteiger partial charge in [-0.3, -0.25) is 19.2 Å². The Bertz CT molecular complexity index is 1390. The van der Waals surface area contributed by atoms with E-state index in [1.165, 1.54) is 18.4 Å². The second kappa shape index (κ2) is 19.5. The molecular formula is C39H65N5O8S. The van der Waals surface area contributed by atoms with Gasteiger partial charge in [0.1, 0.15) is 12.1 Å². The van der Waals surface area contributed by atoms with E-state index in [9.17, 15) is 29.1 Å². The van der Waals surface area contributed by atoms with Crippen LogP contribution in [0.4, 0.5) is 0 Å². The van der Waals surface area contributed by atoms with Crippen molar-refractivity contribution in [1.29, 1.82) is 0 Å². The highest BCUT2D eigenvalue weighted by Crippen LogP contribution is 2.54. The molecule has 0 bridgehead atoms. The van der Waals surface area contributed by atoms with E-state index < -0.39 is 60.2 Å². The minimum Gasteiger partial charge on any atom is -0.480 e. The summed E-state index contributed by atoms with van der Waals surface area (Å²) in [6, 6.07) is 0.459. The van der Waals surface area contributed by atoms with Crippen molar-refractivity contribution >= 4 is 40.9 Å². The molecule has 2 heterocycles. The fraction of sp³-hybridized carbons (Fsp3) is 0.769. The Morgan fingerprint density at radius 2 is 1.64 bits per heavy atom. The summed E-state index contributed by atoms with van der Waals surface area (Å²) in [5, 5.41) is 20.5. The van der Waals surface area contributed by atoms with Gasteiger partial charge in [-0.25, -0.2) is 4.79 Å². The average Bonchev–Trinajstić information content (AvgIpc) is 3.45. The summed E-state index contributed by atoms with van der Waals surface area (Å²) in [4.78, 5) is 71.9. The number of likely N-dealkylation sites (N-methyl/N-ethyl adjacent to an activating group) is 2. The van der Waals surface area contributed by atoms with E-state index in [4.69, 9.17) is 9.47 Å². The smallest absolute Gasteiger partial charge is 0.326 e. The number of carbonyl (C=O) groups is 5. The number of aliphatic carboxylic acids is 1. The maximum atomic E-state index is 14.5. The first kappa shape index (κ1) is 44.3. The molecule has 1 saturated carbocycles. The van der Waals surface area contributed by atoms with E-state index >= 15 is 0 Å². The van der Waals surface area contributed by atoms with Crippen molar-refractivity contribution in [1.82, 2.24) is 25.8 Å². The number of piperidine rings is 1. The van der Waals surface area contributed by atoms with Gasteiger partial charge in [-0.1, -0.05) is 67.9 Å². The minimum absolute atomic E-state index is 0.00234. The molecular weight excluding hydrogens is 699 g/mol. The lowest BCUT2D eigenvalue weighted by atomic mass is 9.89. The number of fused-ring (bicyclic) bond motifs is 1. The number of rotatable bonds is 21. The first-order chi connectivity index (χ1) is 24.9. The van der Waals surface area contributed by atoms with Crippen LogP contribution in [0.25, 0.3) is 0 Å². The number of likely N-dealkylation sites (tertiary alicyclic amines) is 1. The second-order valence-corrected chi connectivity index (χ2v) is 16.9. The molecule has 1 aliphatic carbocycles. The van der Waals surface area contributed by atoms with Crippen molar-refractivity contribution in [2.45, 2.75) is 130 Å². The van der Waals surface area contributed by atoms with Crippen LogP contribution in [-0.2, 0) is 39.9 Å². The predicted octanol–water partition coefficient (Wildman–Crippen LogP) is 3.41. The van der Waals surface area contributed by atoms with Gasteiger partial charge in [0.05, 0.1) is 42.7 Å². The van der Waals surface area contributed by atoms with Crippen LogP contribution in [0.5, 0.6) is 0 Å². The SMILES string of the molecule is CC[C@H](C)C([C@@H](CC(=O)N1[C@H]2[C@@H](C)[C@H]2C[C@H]1[C@H](OC)[C@@H](C)C(=O)N[C@@H](Cc1cccs1)C(=O)O)OC)N(C)C(=O)[C@@H](NC(=O)[C@@H](NC)C(C)C)C(C)C. The Balaban J connectivity index is 1.83. The lowest BCUT2D eigenvalue weighted by molar-refractivity contribution is -0.149. The molecule has 4 N–H and O–H groups in total. The van der Waals surface area contributed by atoms with E-state index in [2.05, 4.69) is 22.9 Å². The van der Waals surface area contributed by atoms with Gasteiger partial charge in [-0.05, 0) is 54.5 Å². The van der Waals surface area contributed by atoms with E-state index in [0.717, 1.165) is 11.3 Å². The summed E-state index contributed by atoms with van der Waals surface area (Å²) < 4.78 is 12.0. The van der Waals surface area contributed by atoms with Crippen LogP contribution in [-0.4, -0.2) is 121 Å². The molecule has 3 rings (SSSR count).